The second kappa shape index (κ2) is 9.33. The number of halogens is 2. The van der Waals surface area contributed by atoms with Crippen LogP contribution in [0.5, 0.6) is 5.75 Å². The molecule has 0 aliphatic carbocycles. The van der Waals surface area contributed by atoms with Crippen molar-refractivity contribution < 1.29 is 17.5 Å². The smallest absolute Gasteiger partial charge is 0.184 e. The minimum absolute atomic E-state index is 0.184. The molecule has 0 unspecified atom stereocenters. The number of hydrogen-bond acceptors (Lipinski definition) is 7. The van der Waals surface area contributed by atoms with E-state index in [1.54, 1.807) is 54.7 Å². The number of ether oxygens (including phenoxy) is 1. The van der Waals surface area contributed by atoms with E-state index in [4.69, 9.17) is 16.3 Å². The highest BCUT2D eigenvalue weighted by Gasteiger charge is 2.20. The third kappa shape index (κ3) is 4.62. The average molecular weight is 526 g/mol. The van der Waals surface area contributed by atoms with E-state index >= 15 is 0 Å². The van der Waals surface area contributed by atoms with Crippen molar-refractivity contribution in [3.05, 3.63) is 89.0 Å². The Bertz CT molecular complexity index is 1660. The van der Waals surface area contributed by atoms with Crippen LogP contribution in [-0.2, 0) is 15.6 Å². The van der Waals surface area contributed by atoms with Gasteiger partial charge in [-0.3, -0.25) is 4.98 Å². The van der Waals surface area contributed by atoms with Crippen molar-refractivity contribution in [3.63, 3.8) is 0 Å². The number of pyridine rings is 1. The van der Waals surface area contributed by atoms with Crippen molar-refractivity contribution in [2.45, 2.75) is 10.6 Å². The van der Waals surface area contributed by atoms with E-state index in [0.717, 1.165) is 16.9 Å². The zero-order valence-electron chi connectivity index (χ0n) is 18.3. The van der Waals surface area contributed by atoms with Crippen LogP contribution >= 0.6 is 23.1 Å². The van der Waals surface area contributed by atoms with E-state index in [0.29, 0.717) is 43.6 Å². The van der Waals surface area contributed by atoms with E-state index in [1.165, 1.54) is 25.6 Å². The van der Waals surface area contributed by atoms with E-state index in [2.05, 4.69) is 14.3 Å². The first-order chi connectivity index (χ1) is 16.9. The number of methoxy groups -OCH3 is 1. The Kier molecular flexibility index (Phi) is 6.22. The molecule has 0 aliphatic rings. The van der Waals surface area contributed by atoms with Crippen molar-refractivity contribution in [1.29, 1.82) is 0 Å². The molecule has 0 saturated carbocycles. The Balaban J connectivity index is 1.60. The quantitative estimate of drug-likeness (QED) is 0.263. The summed E-state index contributed by atoms with van der Waals surface area (Å²) in [6.45, 7) is 0. The summed E-state index contributed by atoms with van der Waals surface area (Å²) in [6.07, 6.45) is 2.94. The van der Waals surface area contributed by atoms with Crippen LogP contribution in [0, 0.1) is 5.82 Å². The first-order valence-corrected chi connectivity index (χ1v) is 13.2. The monoisotopic (exact) mass is 525 g/mol. The lowest BCUT2D eigenvalue weighted by Gasteiger charge is -2.15. The van der Waals surface area contributed by atoms with Crippen molar-refractivity contribution in [1.82, 2.24) is 14.3 Å². The fourth-order valence-electron chi connectivity index (χ4n) is 3.85. The molecular formula is C25H17ClFN3O3S2. The molecule has 0 saturated heterocycles. The number of aromatic nitrogens is 3. The van der Waals surface area contributed by atoms with Gasteiger partial charge >= 0.3 is 0 Å². The van der Waals surface area contributed by atoms with Crippen LogP contribution in [0.25, 0.3) is 33.2 Å². The number of sulfone groups is 1. The maximum atomic E-state index is 13.8. The topological polar surface area (TPSA) is 82.0 Å². The zero-order chi connectivity index (χ0) is 24.6. The fourth-order valence-corrected chi connectivity index (χ4v) is 6.26. The molecule has 3 aromatic carbocycles. The van der Waals surface area contributed by atoms with Gasteiger partial charge in [0.1, 0.15) is 28.7 Å². The summed E-state index contributed by atoms with van der Waals surface area (Å²) in [7, 11) is -2.07. The number of benzene rings is 3. The lowest BCUT2D eigenvalue weighted by molar-refractivity contribution is 0.416. The summed E-state index contributed by atoms with van der Waals surface area (Å²) in [5, 5.41) is 2.26. The van der Waals surface area contributed by atoms with Crippen molar-refractivity contribution in [2.75, 3.05) is 7.11 Å². The molecule has 0 atom stereocenters. The molecule has 10 heteroatoms. The molecule has 5 rings (SSSR count). The van der Waals surface area contributed by atoms with Gasteiger partial charge in [0.25, 0.3) is 0 Å². The van der Waals surface area contributed by atoms with E-state index in [1.807, 2.05) is 0 Å². The zero-order valence-corrected chi connectivity index (χ0v) is 20.7. The Labute approximate surface area is 210 Å². The SMILES string of the molecule is COc1cc(-c2cccc(F)c2)c(Cl)cc1-c1nccc2cc(S(=O)(=O)Cc3ncns3)ccc12. The van der Waals surface area contributed by atoms with Crippen molar-refractivity contribution in [3.8, 4) is 28.1 Å². The Morgan fingerprint density at radius 3 is 2.63 bits per heavy atom. The Morgan fingerprint density at radius 1 is 1.03 bits per heavy atom. The third-order valence-corrected chi connectivity index (χ3v) is 8.28. The summed E-state index contributed by atoms with van der Waals surface area (Å²) in [5.41, 5.74) is 2.46. The van der Waals surface area contributed by atoms with Crippen LogP contribution in [0.2, 0.25) is 5.02 Å². The highest BCUT2D eigenvalue weighted by Crippen LogP contribution is 2.41. The van der Waals surface area contributed by atoms with Crippen molar-refractivity contribution >= 4 is 43.7 Å². The van der Waals surface area contributed by atoms with Crippen LogP contribution in [0.3, 0.4) is 0 Å². The number of nitrogens with zero attached hydrogens (tertiary/aromatic N) is 3. The van der Waals surface area contributed by atoms with Crippen LogP contribution in [0.4, 0.5) is 4.39 Å². The number of fused-ring (bicyclic) bond motifs is 1. The standard InChI is InChI=1S/C25H17ClFN3O3S2/c1-33-23-12-20(15-3-2-4-17(27)9-15)22(26)11-21(23)25-19-6-5-18(10-16(19)7-8-28-25)35(31,32)13-24-29-14-30-34-24/h2-12,14H,13H2,1H3. The summed E-state index contributed by atoms with van der Waals surface area (Å²) in [4.78, 5) is 8.69. The van der Waals surface area contributed by atoms with Crippen LogP contribution < -0.4 is 4.74 Å². The molecule has 5 aromatic rings. The first-order valence-electron chi connectivity index (χ1n) is 10.4. The van der Waals surface area contributed by atoms with Gasteiger partial charge in [-0.2, -0.15) is 4.37 Å². The number of hydrogen-bond donors (Lipinski definition) is 0. The molecular weight excluding hydrogens is 509 g/mol. The Morgan fingerprint density at radius 2 is 1.89 bits per heavy atom. The van der Waals surface area contributed by atoms with Gasteiger partial charge in [-0.1, -0.05) is 29.8 Å². The first kappa shape index (κ1) is 23.3. The molecule has 0 N–H and O–H groups in total. The molecule has 0 aliphatic heterocycles. The highest BCUT2D eigenvalue weighted by molar-refractivity contribution is 7.90. The van der Waals surface area contributed by atoms with Crippen LogP contribution in [0.1, 0.15) is 5.01 Å². The molecule has 2 heterocycles. The molecule has 2 aromatic heterocycles. The summed E-state index contributed by atoms with van der Waals surface area (Å²) >= 11 is 7.66. The maximum absolute atomic E-state index is 13.8. The minimum atomic E-state index is -3.60. The molecule has 0 amide bonds. The van der Waals surface area contributed by atoms with E-state index < -0.39 is 9.84 Å². The molecule has 0 radical (unpaired) electrons. The molecule has 0 bridgehead atoms. The van der Waals surface area contributed by atoms with Gasteiger partial charge in [0.2, 0.25) is 0 Å². The molecule has 35 heavy (non-hydrogen) atoms. The second-order valence-electron chi connectivity index (χ2n) is 7.68. The van der Waals surface area contributed by atoms with Crippen LogP contribution in [0.15, 0.2) is 78.1 Å². The van der Waals surface area contributed by atoms with E-state index in [-0.39, 0.29) is 16.5 Å². The van der Waals surface area contributed by atoms with Gasteiger partial charge in [0.05, 0.1) is 17.7 Å². The predicted octanol–water partition coefficient (Wildman–Crippen LogP) is 6.20. The highest BCUT2D eigenvalue weighted by atomic mass is 35.5. The maximum Gasteiger partial charge on any atom is 0.184 e. The molecule has 176 valence electrons. The lowest BCUT2D eigenvalue weighted by atomic mass is 9.98. The predicted molar refractivity (Wildman–Crippen MR) is 135 cm³/mol. The van der Waals surface area contributed by atoms with Crippen LogP contribution in [-0.4, -0.2) is 29.9 Å². The second-order valence-corrected chi connectivity index (χ2v) is 10.9. The fraction of sp³-hybridized carbons (Fsp3) is 0.0800. The van der Waals surface area contributed by atoms with Gasteiger partial charge in [0.15, 0.2) is 9.84 Å². The van der Waals surface area contributed by atoms with Gasteiger partial charge in [-0.05, 0) is 64.9 Å². The lowest BCUT2D eigenvalue weighted by Crippen LogP contribution is -2.04. The van der Waals surface area contributed by atoms with Gasteiger partial charge in [0, 0.05) is 27.7 Å². The van der Waals surface area contributed by atoms with Crippen molar-refractivity contribution in [2.24, 2.45) is 0 Å². The molecule has 0 spiro atoms. The summed E-state index contributed by atoms with van der Waals surface area (Å²) in [5.74, 6) is -0.0811. The third-order valence-electron chi connectivity index (χ3n) is 5.50. The van der Waals surface area contributed by atoms with Gasteiger partial charge in [-0.15, -0.1) is 0 Å². The van der Waals surface area contributed by atoms with Gasteiger partial charge in [-0.25, -0.2) is 17.8 Å². The minimum Gasteiger partial charge on any atom is -0.496 e. The summed E-state index contributed by atoms with van der Waals surface area (Å²) in [6, 6.07) is 16.3. The largest absolute Gasteiger partial charge is 0.496 e. The normalized spacial score (nSPS) is 11.6. The molecule has 6 nitrogen and oxygen atoms in total. The average Bonchev–Trinajstić information content (AvgIpc) is 3.35. The van der Waals surface area contributed by atoms with Gasteiger partial charge < -0.3 is 4.74 Å². The van der Waals surface area contributed by atoms with E-state index in [9.17, 15) is 12.8 Å². The number of rotatable bonds is 6. The molecule has 0 fully saturated rings. The summed E-state index contributed by atoms with van der Waals surface area (Å²) < 4.78 is 49.1. The Hall–Kier alpha value is -3.40.